The topological polar surface area (TPSA) is 88.0 Å². The lowest BCUT2D eigenvalue weighted by molar-refractivity contribution is 0.0938. The molecule has 0 unspecified atom stereocenters. The summed E-state index contributed by atoms with van der Waals surface area (Å²) in [5, 5.41) is 8.46. The van der Waals surface area contributed by atoms with Crippen LogP contribution in [-0.2, 0) is 6.54 Å². The second-order valence-corrected chi connectivity index (χ2v) is 5.61. The Kier molecular flexibility index (Phi) is 6.25. The molecule has 0 fully saturated rings. The second-order valence-electron chi connectivity index (χ2n) is 5.20. The van der Waals surface area contributed by atoms with E-state index in [0.717, 1.165) is 19.4 Å². The average molecular weight is 347 g/mol. The van der Waals surface area contributed by atoms with Gasteiger partial charge in [-0.25, -0.2) is 4.68 Å². The van der Waals surface area contributed by atoms with Crippen LogP contribution in [-0.4, -0.2) is 27.3 Å². The molecular formula is C16H21N5O2S. The summed E-state index contributed by atoms with van der Waals surface area (Å²) in [7, 11) is 0. The van der Waals surface area contributed by atoms with Crippen LogP contribution in [0.4, 0.5) is 0 Å². The number of hydrazine groups is 1. The van der Waals surface area contributed by atoms with E-state index >= 15 is 0 Å². The molecule has 1 amide bonds. The molecule has 2 aromatic rings. The summed E-state index contributed by atoms with van der Waals surface area (Å²) in [6.45, 7) is 5.00. The van der Waals surface area contributed by atoms with Crippen LogP contribution in [0.15, 0.2) is 29.1 Å². The maximum absolute atomic E-state index is 12.4. The molecule has 1 aromatic heterocycles. The van der Waals surface area contributed by atoms with E-state index in [-0.39, 0.29) is 11.3 Å². The summed E-state index contributed by atoms with van der Waals surface area (Å²) in [5.74, 6) is -0.451. The lowest BCUT2D eigenvalue weighted by Crippen LogP contribution is -2.47. The van der Waals surface area contributed by atoms with Crippen molar-refractivity contribution in [2.75, 3.05) is 6.54 Å². The van der Waals surface area contributed by atoms with Gasteiger partial charge < -0.3 is 5.32 Å². The van der Waals surface area contributed by atoms with Crippen LogP contribution in [0.1, 0.15) is 37.2 Å². The predicted molar refractivity (Wildman–Crippen MR) is 97.8 cm³/mol. The summed E-state index contributed by atoms with van der Waals surface area (Å²) in [5.41, 5.74) is 5.13. The number of carbonyl (C=O) groups excluding carboxylic acids is 1. The summed E-state index contributed by atoms with van der Waals surface area (Å²) in [4.78, 5) is 24.7. The van der Waals surface area contributed by atoms with Gasteiger partial charge in [-0.1, -0.05) is 31.5 Å². The van der Waals surface area contributed by atoms with Gasteiger partial charge in [0.05, 0.1) is 5.39 Å². The quantitative estimate of drug-likeness (QED) is 0.430. The Bertz CT molecular complexity index is 803. The van der Waals surface area contributed by atoms with Crippen LogP contribution in [0.25, 0.3) is 10.8 Å². The molecule has 0 atom stereocenters. The summed E-state index contributed by atoms with van der Waals surface area (Å²) in [6.07, 6.45) is 2.04. The summed E-state index contributed by atoms with van der Waals surface area (Å²) < 4.78 is 1.27. The number of nitrogens with one attached hydrogen (secondary N) is 3. The SMILES string of the molecule is CCCCNC(=S)NNC(=O)c1nn(CC)c(=O)c2ccccc12. The number of aromatic nitrogens is 2. The number of benzene rings is 1. The summed E-state index contributed by atoms with van der Waals surface area (Å²) >= 11 is 5.09. The fraction of sp³-hybridized carbons (Fsp3) is 0.375. The minimum Gasteiger partial charge on any atom is -0.361 e. The molecule has 7 nitrogen and oxygen atoms in total. The third-order valence-electron chi connectivity index (χ3n) is 3.49. The molecule has 0 radical (unpaired) electrons. The van der Waals surface area contributed by atoms with Gasteiger partial charge in [0.15, 0.2) is 10.8 Å². The monoisotopic (exact) mass is 347 g/mol. The van der Waals surface area contributed by atoms with Gasteiger partial charge in [-0.15, -0.1) is 0 Å². The first-order chi connectivity index (χ1) is 11.6. The number of hydrogen-bond acceptors (Lipinski definition) is 4. The molecule has 0 aliphatic rings. The zero-order valence-electron chi connectivity index (χ0n) is 13.8. The van der Waals surface area contributed by atoms with Crippen molar-refractivity contribution in [1.82, 2.24) is 25.9 Å². The smallest absolute Gasteiger partial charge is 0.290 e. The van der Waals surface area contributed by atoms with Crippen LogP contribution < -0.4 is 21.7 Å². The number of carbonyl (C=O) groups is 1. The Morgan fingerprint density at radius 3 is 2.58 bits per heavy atom. The first-order valence-electron chi connectivity index (χ1n) is 7.92. The van der Waals surface area contributed by atoms with E-state index in [1.54, 1.807) is 31.2 Å². The summed E-state index contributed by atoms with van der Waals surface area (Å²) in [6, 6.07) is 6.92. The van der Waals surface area contributed by atoms with Crippen LogP contribution >= 0.6 is 12.2 Å². The van der Waals surface area contributed by atoms with Crippen LogP contribution in [0.5, 0.6) is 0 Å². The van der Waals surface area contributed by atoms with E-state index in [0.29, 0.717) is 22.4 Å². The minimum absolute atomic E-state index is 0.177. The first kappa shape index (κ1) is 17.9. The van der Waals surface area contributed by atoms with Gasteiger partial charge in [-0.3, -0.25) is 20.4 Å². The number of fused-ring (bicyclic) bond motifs is 1. The van der Waals surface area contributed by atoms with E-state index in [1.807, 2.05) is 0 Å². The molecule has 8 heteroatoms. The number of unbranched alkanes of at least 4 members (excludes halogenated alkanes) is 1. The Morgan fingerprint density at radius 2 is 1.92 bits per heavy atom. The maximum atomic E-state index is 12.4. The van der Waals surface area contributed by atoms with Gasteiger partial charge in [-0.2, -0.15) is 5.10 Å². The molecule has 0 aliphatic heterocycles. The van der Waals surface area contributed by atoms with E-state index < -0.39 is 5.91 Å². The van der Waals surface area contributed by atoms with Crippen LogP contribution in [0.3, 0.4) is 0 Å². The van der Waals surface area contributed by atoms with Crippen molar-refractivity contribution in [2.45, 2.75) is 33.2 Å². The first-order valence-corrected chi connectivity index (χ1v) is 8.33. The van der Waals surface area contributed by atoms with Crippen molar-refractivity contribution in [1.29, 1.82) is 0 Å². The van der Waals surface area contributed by atoms with Crippen molar-refractivity contribution < 1.29 is 4.79 Å². The third kappa shape index (κ3) is 4.08. The molecule has 0 saturated heterocycles. The van der Waals surface area contributed by atoms with Gasteiger partial charge in [0.2, 0.25) is 0 Å². The number of nitrogens with zero attached hydrogens (tertiary/aromatic N) is 2. The number of amides is 1. The molecule has 2 rings (SSSR count). The highest BCUT2D eigenvalue weighted by Crippen LogP contribution is 2.12. The van der Waals surface area contributed by atoms with Gasteiger partial charge in [0.1, 0.15) is 0 Å². The van der Waals surface area contributed by atoms with Crippen molar-refractivity contribution in [3.8, 4) is 0 Å². The van der Waals surface area contributed by atoms with Crippen molar-refractivity contribution in [3.05, 3.63) is 40.3 Å². The fourth-order valence-corrected chi connectivity index (χ4v) is 2.37. The number of hydrogen-bond donors (Lipinski definition) is 3. The van der Waals surface area contributed by atoms with Gasteiger partial charge >= 0.3 is 0 Å². The van der Waals surface area contributed by atoms with Gasteiger partial charge in [0.25, 0.3) is 11.5 Å². The van der Waals surface area contributed by atoms with Gasteiger partial charge in [0, 0.05) is 18.5 Å². The fourth-order valence-electron chi connectivity index (χ4n) is 2.21. The Morgan fingerprint density at radius 1 is 1.21 bits per heavy atom. The average Bonchev–Trinajstić information content (AvgIpc) is 2.60. The largest absolute Gasteiger partial charge is 0.361 e. The Hall–Kier alpha value is -2.48. The van der Waals surface area contributed by atoms with Crippen LogP contribution in [0, 0.1) is 0 Å². The number of rotatable bonds is 5. The number of aryl methyl sites for hydroxylation is 1. The maximum Gasteiger partial charge on any atom is 0.290 e. The Balaban J connectivity index is 2.19. The van der Waals surface area contributed by atoms with Crippen molar-refractivity contribution >= 4 is 34.0 Å². The zero-order chi connectivity index (χ0) is 17.5. The normalized spacial score (nSPS) is 10.4. The third-order valence-corrected chi connectivity index (χ3v) is 3.73. The highest BCUT2D eigenvalue weighted by Gasteiger charge is 2.16. The van der Waals surface area contributed by atoms with E-state index in [2.05, 4.69) is 28.2 Å². The second kappa shape index (κ2) is 8.39. The molecule has 0 spiro atoms. The zero-order valence-corrected chi connectivity index (χ0v) is 14.6. The van der Waals surface area contributed by atoms with Gasteiger partial charge in [-0.05, 0) is 31.6 Å². The molecule has 1 aromatic carbocycles. The molecular weight excluding hydrogens is 326 g/mol. The number of thiocarbonyl (C=S) groups is 1. The molecule has 3 N–H and O–H groups in total. The molecule has 0 saturated carbocycles. The van der Waals surface area contributed by atoms with E-state index in [9.17, 15) is 9.59 Å². The van der Waals surface area contributed by atoms with E-state index in [4.69, 9.17) is 12.2 Å². The predicted octanol–water partition coefficient (Wildman–Crippen LogP) is 1.33. The molecule has 0 aliphatic carbocycles. The molecule has 0 bridgehead atoms. The molecule has 24 heavy (non-hydrogen) atoms. The highest BCUT2D eigenvalue weighted by molar-refractivity contribution is 7.80. The van der Waals surface area contributed by atoms with E-state index in [1.165, 1.54) is 4.68 Å². The minimum atomic E-state index is -0.451. The lowest BCUT2D eigenvalue weighted by Gasteiger charge is -2.13. The van der Waals surface area contributed by atoms with Crippen LogP contribution in [0.2, 0.25) is 0 Å². The molecule has 1 heterocycles. The Labute approximate surface area is 145 Å². The molecule has 128 valence electrons. The highest BCUT2D eigenvalue weighted by atomic mass is 32.1. The van der Waals surface area contributed by atoms with Crippen molar-refractivity contribution in [2.24, 2.45) is 0 Å². The standard InChI is InChI=1S/C16H21N5O2S/c1-3-5-10-17-16(24)19-18-14(22)13-11-8-6-7-9-12(11)15(23)21(4-2)20-13/h6-9H,3-5,10H2,1-2H3,(H,18,22)(H2,17,19,24). The lowest BCUT2D eigenvalue weighted by atomic mass is 10.1. The van der Waals surface area contributed by atoms with Crippen molar-refractivity contribution in [3.63, 3.8) is 0 Å².